The monoisotopic (exact) mass is 382 g/mol. The number of benzene rings is 1. The molecule has 0 amide bonds. The topological polar surface area (TPSA) is 47.3 Å². The molecule has 0 heterocycles. The minimum absolute atomic E-state index is 0.654. The van der Waals surface area contributed by atoms with Crippen molar-refractivity contribution in [2.24, 2.45) is 5.84 Å². The number of anilines is 1. The van der Waals surface area contributed by atoms with Crippen LogP contribution >= 0.6 is 11.6 Å². The van der Waals surface area contributed by atoms with Crippen molar-refractivity contribution in [3.8, 4) is 5.75 Å². The van der Waals surface area contributed by atoms with Crippen LogP contribution in [0.5, 0.6) is 5.75 Å². The predicted molar refractivity (Wildman–Crippen MR) is 115 cm³/mol. The van der Waals surface area contributed by atoms with E-state index in [0.29, 0.717) is 5.02 Å². The Kier molecular flexibility index (Phi) is 14.5. The second-order valence-electron chi connectivity index (χ2n) is 7.23. The second kappa shape index (κ2) is 16.3. The molecule has 0 radical (unpaired) electrons. The van der Waals surface area contributed by atoms with E-state index in [4.69, 9.17) is 22.2 Å². The minimum atomic E-state index is 0.654. The van der Waals surface area contributed by atoms with Gasteiger partial charge in [-0.25, -0.2) is 0 Å². The predicted octanol–water partition coefficient (Wildman–Crippen LogP) is 7.49. The Morgan fingerprint density at radius 2 is 1.31 bits per heavy atom. The molecule has 0 unspecified atom stereocenters. The van der Waals surface area contributed by atoms with Crippen LogP contribution in [0.3, 0.4) is 0 Å². The van der Waals surface area contributed by atoms with Gasteiger partial charge in [0, 0.05) is 5.02 Å². The molecular formula is C22H39ClN2O. The molecule has 0 saturated carbocycles. The average Bonchev–Trinajstić information content (AvgIpc) is 2.65. The van der Waals surface area contributed by atoms with Gasteiger partial charge in [-0.2, -0.15) is 0 Å². The molecule has 0 bridgehead atoms. The van der Waals surface area contributed by atoms with Gasteiger partial charge in [0.25, 0.3) is 0 Å². The lowest BCUT2D eigenvalue weighted by Gasteiger charge is -2.11. The van der Waals surface area contributed by atoms with Crippen molar-refractivity contribution in [2.45, 2.75) is 96.8 Å². The van der Waals surface area contributed by atoms with Gasteiger partial charge in [0.1, 0.15) is 5.75 Å². The zero-order valence-corrected chi connectivity index (χ0v) is 17.5. The number of rotatable bonds is 17. The van der Waals surface area contributed by atoms with Gasteiger partial charge in [-0.3, -0.25) is 5.84 Å². The van der Waals surface area contributed by atoms with Crippen LogP contribution in [-0.4, -0.2) is 6.61 Å². The van der Waals surface area contributed by atoms with Crippen molar-refractivity contribution >= 4 is 17.3 Å². The number of hydrogen-bond donors (Lipinski definition) is 2. The molecule has 0 atom stereocenters. The third kappa shape index (κ3) is 11.6. The highest BCUT2D eigenvalue weighted by molar-refractivity contribution is 6.30. The average molecular weight is 383 g/mol. The first-order chi connectivity index (χ1) is 12.8. The van der Waals surface area contributed by atoms with Gasteiger partial charge in [-0.05, 0) is 24.6 Å². The summed E-state index contributed by atoms with van der Waals surface area (Å²) in [4.78, 5) is 0. The zero-order chi connectivity index (χ0) is 18.9. The molecule has 0 fully saturated rings. The summed E-state index contributed by atoms with van der Waals surface area (Å²) in [6, 6.07) is 5.46. The van der Waals surface area contributed by atoms with E-state index >= 15 is 0 Å². The van der Waals surface area contributed by atoms with Gasteiger partial charge in [-0.15, -0.1) is 0 Å². The van der Waals surface area contributed by atoms with Crippen LogP contribution < -0.4 is 16.0 Å². The zero-order valence-electron chi connectivity index (χ0n) is 16.7. The molecule has 0 aromatic heterocycles. The smallest absolute Gasteiger partial charge is 0.143 e. The minimum Gasteiger partial charge on any atom is -0.491 e. The molecule has 0 aliphatic carbocycles. The van der Waals surface area contributed by atoms with E-state index < -0.39 is 0 Å². The summed E-state index contributed by atoms with van der Waals surface area (Å²) in [5, 5.41) is 0.654. The van der Waals surface area contributed by atoms with Crippen molar-refractivity contribution in [2.75, 3.05) is 12.0 Å². The molecule has 1 aromatic rings. The van der Waals surface area contributed by atoms with Gasteiger partial charge < -0.3 is 10.2 Å². The summed E-state index contributed by atoms with van der Waals surface area (Å²) in [7, 11) is 0. The Morgan fingerprint density at radius 1 is 0.808 bits per heavy atom. The molecule has 0 spiro atoms. The molecule has 1 aromatic carbocycles. The number of hydrogen-bond acceptors (Lipinski definition) is 3. The molecule has 1 rings (SSSR count). The van der Waals surface area contributed by atoms with Crippen LogP contribution in [0, 0.1) is 0 Å². The van der Waals surface area contributed by atoms with E-state index in [1.165, 1.54) is 83.5 Å². The molecule has 0 saturated heterocycles. The molecule has 3 N–H and O–H groups in total. The maximum absolute atomic E-state index is 5.94. The Balaban J connectivity index is 1.87. The molecule has 150 valence electrons. The van der Waals surface area contributed by atoms with Crippen molar-refractivity contribution < 1.29 is 4.74 Å². The van der Waals surface area contributed by atoms with Crippen LogP contribution in [0.1, 0.15) is 96.8 Å². The first-order valence-corrected chi connectivity index (χ1v) is 11.0. The molecule has 4 heteroatoms. The SMILES string of the molecule is CCCCCCCCCCCCCCCCOc1ccc(Cl)cc1NN. The van der Waals surface area contributed by atoms with Crippen LogP contribution in [0.4, 0.5) is 5.69 Å². The quantitative estimate of drug-likeness (QED) is 0.167. The van der Waals surface area contributed by atoms with Gasteiger partial charge in [0.15, 0.2) is 0 Å². The highest BCUT2D eigenvalue weighted by Crippen LogP contribution is 2.27. The summed E-state index contributed by atoms with van der Waals surface area (Å²) in [6.07, 6.45) is 19.1. The molecule has 0 aliphatic heterocycles. The maximum atomic E-state index is 5.94. The summed E-state index contributed by atoms with van der Waals surface area (Å²) >= 11 is 5.94. The maximum Gasteiger partial charge on any atom is 0.143 e. The van der Waals surface area contributed by atoms with E-state index in [1.54, 1.807) is 6.07 Å². The van der Waals surface area contributed by atoms with Gasteiger partial charge in [0.05, 0.1) is 12.3 Å². The Labute approximate surface area is 166 Å². The molecular weight excluding hydrogens is 344 g/mol. The summed E-state index contributed by atoms with van der Waals surface area (Å²) in [5.74, 6) is 6.26. The summed E-state index contributed by atoms with van der Waals surface area (Å²) in [5.41, 5.74) is 3.37. The number of halogens is 1. The Hall–Kier alpha value is -0.930. The fourth-order valence-electron chi connectivity index (χ4n) is 3.22. The van der Waals surface area contributed by atoms with E-state index in [1.807, 2.05) is 12.1 Å². The van der Waals surface area contributed by atoms with Crippen molar-refractivity contribution in [3.63, 3.8) is 0 Å². The van der Waals surface area contributed by atoms with Gasteiger partial charge in [-0.1, -0.05) is 102 Å². The number of nitrogens with two attached hydrogens (primary N) is 1. The van der Waals surface area contributed by atoms with E-state index in [9.17, 15) is 0 Å². The fraction of sp³-hybridized carbons (Fsp3) is 0.727. The van der Waals surface area contributed by atoms with Gasteiger partial charge in [0.2, 0.25) is 0 Å². The number of unbranched alkanes of at least 4 members (excludes halogenated alkanes) is 13. The van der Waals surface area contributed by atoms with Gasteiger partial charge >= 0.3 is 0 Å². The lowest BCUT2D eigenvalue weighted by molar-refractivity contribution is 0.305. The Bertz CT molecular complexity index is 454. The first kappa shape index (κ1) is 23.1. The van der Waals surface area contributed by atoms with Crippen molar-refractivity contribution in [3.05, 3.63) is 23.2 Å². The van der Waals surface area contributed by atoms with E-state index in [2.05, 4.69) is 12.3 Å². The van der Waals surface area contributed by atoms with E-state index in [0.717, 1.165) is 24.5 Å². The molecule has 26 heavy (non-hydrogen) atoms. The largest absolute Gasteiger partial charge is 0.491 e. The highest BCUT2D eigenvalue weighted by atomic mass is 35.5. The highest BCUT2D eigenvalue weighted by Gasteiger charge is 2.03. The first-order valence-electron chi connectivity index (χ1n) is 10.7. The standard InChI is InChI=1S/C22H39ClN2O/c1-2-3-4-5-6-7-8-9-10-11-12-13-14-15-18-26-22-17-16-20(23)19-21(22)25-24/h16-17,19,25H,2-15,18,24H2,1H3. The number of ether oxygens (including phenoxy) is 1. The molecule has 3 nitrogen and oxygen atoms in total. The lowest BCUT2D eigenvalue weighted by Crippen LogP contribution is -2.09. The fourth-order valence-corrected chi connectivity index (χ4v) is 3.39. The Morgan fingerprint density at radius 3 is 1.81 bits per heavy atom. The van der Waals surface area contributed by atoms with Crippen LogP contribution in [-0.2, 0) is 0 Å². The number of nitrogen functional groups attached to an aromatic ring is 1. The van der Waals surface area contributed by atoms with Crippen molar-refractivity contribution in [1.82, 2.24) is 0 Å². The number of hydrazine groups is 1. The normalized spacial score (nSPS) is 10.9. The van der Waals surface area contributed by atoms with Crippen LogP contribution in [0.2, 0.25) is 5.02 Å². The summed E-state index contributed by atoms with van der Waals surface area (Å²) < 4.78 is 5.79. The van der Waals surface area contributed by atoms with E-state index in [-0.39, 0.29) is 0 Å². The van der Waals surface area contributed by atoms with Crippen molar-refractivity contribution in [1.29, 1.82) is 0 Å². The third-order valence-electron chi connectivity index (χ3n) is 4.85. The van der Waals surface area contributed by atoms with Crippen LogP contribution in [0.25, 0.3) is 0 Å². The second-order valence-corrected chi connectivity index (χ2v) is 7.67. The third-order valence-corrected chi connectivity index (χ3v) is 5.09. The number of nitrogens with one attached hydrogen (secondary N) is 1. The molecule has 0 aliphatic rings. The lowest BCUT2D eigenvalue weighted by atomic mass is 10.0. The summed E-state index contributed by atoms with van der Waals surface area (Å²) in [6.45, 7) is 3.01. The van der Waals surface area contributed by atoms with Crippen LogP contribution in [0.15, 0.2) is 18.2 Å².